The molecule has 0 saturated carbocycles. The number of esters is 1. The molecule has 0 radical (unpaired) electrons. The van der Waals surface area contributed by atoms with Crippen molar-refractivity contribution in [1.82, 2.24) is 14.7 Å². The van der Waals surface area contributed by atoms with Gasteiger partial charge in [0, 0.05) is 26.2 Å². The highest BCUT2D eigenvalue weighted by molar-refractivity contribution is 5.78. The highest BCUT2D eigenvalue weighted by atomic mass is 16.6. The van der Waals surface area contributed by atoms with Gasteiger partial charge >= 0.3 is 5.97 Å². The Bertz CT molecular complexity index is 369. The number of carbonyl (C=O) groups excluding carboxylic acids is 2. The Kier molecular flexibility index (Phi) is 6.16. The highest BCUT2D eigenvalue weighted by Crippen LogP contribution is 2.13. The van der Waals surface area contributed by atoms with Crippen LogP contribution in [0, 0.1) is 0 Å². The van der Waals surface area contributed by atoms with Gasteiger partial charge in [-0.25, -0.2) is 0 Å². The second-order valence-corrected chi connectivity index (χ2v) is 6.86. The zero-order valence-corrected chi connectivity index (χ0v) is 14.2. The van der Waals surface area contributed by atoms with Gasteiger partial charge in [0.15, 0.2) is 0 Å². The molecule has 0 unspecified atom stereocenters. The summed E-state index contributed by atoms with van der Waals surface area (Å²) in [5, 5.41) is 0. The van der Waals surface area contributed by atoms with Crippen molar-refractivity contribution in [2.75, 3.05) is 46.8 Å². The van der Waals surface area contributed by atoms with Gasteiger partial charge in [-0.05, 0) is 41.8 Å². The van der Waals surface area contributed by atoms with Crippen molar-refractivity contribution < 1.29 is 14.3 Å². The highest BCUT2D eigenvalue weighted by Gasteiger charge is 2.30. The number of piperazine rings is 1. The molecule has 0 aromatic rings. The van der Waals surface area contributed by atoms with Crippen molar-refractivity contribution in [2.45, 2.75) is 39.3 Å². The Hall–Kier alpha value is -1.14. The molecule has 0 aliphatic carbocycles. The van der Waals surface area contributed by atoms with Crippen LogP contribution in [0.1, 0.15) is 27.7 Å². The van der Waals surface area contributed by atoms with E-state index in [9.17, 15) is 9.59 Å². The van der Waals surface area contributed by atoms with Crippen LogP contribution in [0.3, 0.4) is 0 Å². The lowest BCUT2D eigenvalue weighted by atomic mass is 10.1. The Morgan fingerprint density at radius 3 is 2.10 bits per heavy atom. The van der Waals surface area contributed by atoms with E-state index in [2.05, 4.69) is 4.90 Å². The molecule has 1 atom stereocenters. The summed E-state index contributed by atoms with van der Waals surface area (Å²) in [6.07, 6.45) is 0. The molecule has 0 aromatic carbocycles. The summed E-state index contributed by atoms with van der Waals surface area (Å²) >= 11 is 0. The number of amides is 1. The van der Waals surface area contributed by atoms with E-state index in [1.807, 2.05) is 51.6 Å². The van der Waals surface area contributed by atoms with Gasteiger partial charge in [0.2, 0.25) is 5.91 Å². The van der Waals surface area contributed by atoms with Crippen LogP contribution in [0.15, 0.2) is 0 Å². The van der Waals surface area contributed by atoms with E-state index in [4.69, 9.17) is 4.74 Å². The third kappa shape index (κ3) is 6.01. The van der Waals surface area contributed by atoms with Gasteiger partial charge in [-0.15, -0.1) is 0 Å². The lowest BCUT2D eigenvalue weighted by Crippen LogP contribution is -2.55. The first-order valence-corrected chi connectivity index (χ1v) is 7.49. The molecule has 1 rings (SSSR count). The van der Waals surface area contributed by atoms with Crippen LogP contribution in [0.4, 0.5) is 0 Å². The topological polar surface area (TPSA) is 53.1 Å². The van der Waals surface area contributed by atoms with Crippen molar-refractivity contribution in [3.8, 4) is 0 Å². The Morgan fingerprint density at radius 2 is 1.67 bits per heavy atom. The van der Waals surface area contributed by atoms with E-state index in [0.717, 1.165) is 0 Å². The second-order valence-electron chi connectivity index (χ2n) is 6.86. The van der Waals surface area contributed by atoms with E-state index >= 15 is 0 Å². The lowest BCUT2D eigenvalue weighted by molar-refractivity contribution is -0.161. The molecule has 1 aliphatic rings. The van der Waals surface area contributed by atoms with Gasteiger partial charge in [0.05, 0.1) is 6.54 Å². The van der Waals surface area contributed by atoms with Crippen LogP contribution in [0.5, 0.6) is 0 Å². The maximum absolute atomic E-state index is 12.1. The lowest BCUT2D eigenvalue weighted by Gasteiger charge is -2.38. The average Bonchev–Trinajstić information content (AvgIpc) is 2.35. The monoisotopic (exact) mass is 299 g/mol. The van der Waals surface area contributed by atoms with E-state index in [0.29, 0.717) is 32.7 Å². The average molecular weight is 299 g/mol. The van der Waals surface area contributed by atoms with E-state index in [1.165, 1.54) is 0 Å². The molecule has 0 aromatic heterocycles. The van der Waals surface area contributed by atoms with E-state index < -0.39 is 5.60 Å². The zero-order chi connectivity index (χ0) is 16.2. The molecular weight excluding hydrogens is 270 g/mol. The van der Waals surface area contributed by atoms with Crippen molar-refractivity contribution in [3.63, 3.8) is 0 Å². The molecule has 21 heavy (non-hydrogen) atoms. The van der Waals surface area contributed by atoms with Crippen LogP contribution >= 0.6 is 0 Å². The van der Waals surface area contributed by atoms with Crippen molar-refractivity contribution in [1.29, 1.82) is 0 Å². The first-order valence-electron chi connectivity index (χ1n) is 7.49. The third-order valence-electron chi connectivity index (χ3n) is 3.41. The summed E-state index contributed by atoms with van der Waals surface area (Å²) in [6, 6.07) is -0.268. The summed E-state index contributed by atoms with van der Waals surface area (Å²) in [4.78, 5) is 29.9. The number of carbonyl (C=O) groups is 2. The Labute approximate surface area is 128 Å². The molecule has 0 spiro atoms. The van der Waals surface area contributed by atoms with Crippen molar-refractivity contribution >= 4 is 11.9 Å². The minimum Gasteiger partial charge on any atom is -0.459 e. The van der Waals surface area contributed by atoms with Crippen LogP contribution in [-0.2, 0) is 14.3 Å². The minimum absolute atomic E-state index is 0.143. The first-order chi connectivity index (χ1) is 9.60. The summed E-state index contributed by atoms with van der Waals surface area (Å²) in [5.74, 6) is -0.0554. The van der Waals surface area contributed by atoms with Gasteiger partial charge in [-0.3, -0.25) is 14.5 Å². The van der Waals surface area contributed by atoms with Crippen molar-refractivity contribution in [2.24, 2.45) is 0 Å². The van der Waals surface area contributed by atoms with Crippen molar-refractivity contribution in [3.05, 3.63) is 0 Å². The molecule has 0 N–H and O–H groups in total. The number of nitrogens with zero attached hydrogens (tertiary/aromatic N) is 3. The fourth-order valence-corrected chi connectivity index (χ4v) is 2.27. The van der Waals surface area contributed by atoms with Gasteiger partial charge in [-0.2, -0.15) is 0 Å². The molecule has 1 saturated heterocycles. The number of likely N-dealkylation sites (N-methyl/N-ethyl adjacent to an activating group) is 1. The molecule has 1 aliphatic heterocycles. The molecular formula is C15H29N3O3. The number of hydrogen-bond acceptors (Lipinski definition) is 5. The molecule has 1 fully saturated rings. The maximum Gasteiger partial charge on any atom is 0.323 e. The maximum atomic E-state index is 12.1. The Morgan fingerprint density at radius 1 is 1.14 bits per heavy atom. The van der Waals surface area contributed by atoms with Gasteiger partial charge in [-0.1, -0.05) is 0 Å². The van der Waals surface area contributed by atoms with Gasteiger partial charge in [0.1, 0.15) is 11.6 Å². The largest absolute Gasteiger partial charge is 0.459 e. The molecule has 1 amide bonds. The zero-order valence-electron chi connectivity index (χ0n) is 14.2. The Balaban J connectivity index is 2.45. The third-order valence-corrected chi connectivity index (χ3v) is 3.41. The normalized spacial score (nSPS) is 18.7. The van der Waals surface area contributed by atoms with Crippen LogP contribution in [-0.4, -0.2) is 85.0 Å². The fraction of sp³-hybridized carbons (Fsp3) is 0.867. The predicted molar refractivity (Wildman–Crippen MR) is 82.0 cm³/mol. The fourth-order valence-electron chi connectivity index (χ4n) is 2.27. The van der Waals surface area contributed by atoms with E-state index in [-0.39, 0.29) is 17.9 Å². The smallest absolute Gasteiger partial charge is 0.323 e. The van der Waals surface area contributed by atoms with Crippen LogP contribution in [0.2, 0.25) is 0 Å². The van der Waals surface area contributed by atoms with Crippen LogP contribution in [0.25, 0.3) is 0 Å². The standard InChI is InChI=1S/C15H29N3O3/c1-12(14(20)21-15(2,3)4)17-7-9-18(10-8-17)13(19)11-16(5)6/h12H,7-11H2,1-6H3/t12-/m1/s1. The minimum atomic E-state index is -0.463. The summed E-state index contributed by atoms with van der Waals surface area (Å²) < 4.78 is 5.41. The molecule has 0 bridgehead atoms. The summed E-state index contributed by atoms with van der Waals surface area (Å²) in [6.45, 7) is 10.7. The number of hydrogen-bond donors (Lipinski definition) is 0. The number of ether oxygens (including phenoxy) is 1. The van der Waals surface area contributed by atoms with Gasteiger partial charge in [0.25, 0.3) is 0 Å². The van der Waals surface area contributed by atoms with Crippen LogP contribution < -0.4 is 0 Å². The second kappa shape index (κ2) is 7.22. The molecule has 1 heterocycles. The van der Waals surface area contributed by atoms with Gasteiger partial charge < -0.3 is 14.5 Å². The first kappa shape index (κ1) is 17.9. The van der Waals surface area contributed by atoms with E-state index in [1.54, 1.807) is 0 Å². The molecule has 6 heteroatoms. The quantitative estimate of drug-likeness (QED) is 0.704. The molecule has 122 valence electrons. The predicted octanol–water partition coefficient (Wildman–Crippen LogP) is 0.422. The summed E-state index contributed by atoms with van der Waals surface area (Å²) in [7, 11) is 3.78. The SMILES string of the molecule is C[C@H](C(=O)OC(C)(C)C)N1CCN(C(=O)CN(C)C)CC1. The summed E-state index contributed by atoms with van der Waals surface area (Å²) in [5.41, 5.74) is -0.463. The number of rotatable bonds is 4. The molecule has 6 nitrogen and oxygen atoms in total.